The summed E-state index contributed by atoms with van der Waals surface area (Å²) in [4.78, 5) is 12.4. The molecule has 3 aromatic rings. The summed E-state index contributed by atoms with van der Waals surface area (Å²) in [6.07, 6.45) is 0. The maximum absolute atomic E-state index is 13.3. The van der Waals surface area contributed by atoms with Crippen LogP contribution in [0.3, 0.4) is 0 Å². The molecule has 0 heterocycles. The van der Waals surface area contributed by atoms with E-state index in [1.807, 2.05) is 0 Å². The molecule has 0 aliphatic heterocycles. The van der Waals surface area contributed by atoms with Crippen molar-refractivity contribution < 1.29 is 17.6 Å². The van der Waals surface area contributed by atoms with Gasteiger partial charge < -0.3 is 5.32 Å². The van der Waals surface area contributed by atoms with E-state index in [-0.39, 0.29) is 27.0 Å². The first-order valence-corrected chi connectivity index (χ1v) is 11.1. The summed E-state index contributed by atoms with van der Waals surface area (Å²) in [6.45, 7) is 1.85. The topological polar surface area (TPSA) is 66.5 Å². The number of benzene rings is 3. The largest absolute Gasteiger partial charge is 0.322 e. The van der Waals surface area contributed by atoms with E-state index in [4.69, 9.17) is 23.2 Å². The molecule has 0 aromatic heterocycles. The number of anilines is 2. The summed E-state index contributed by atoms with van der Waals surface area (Å²) in [5, 5.41) is 2.44. The number of carbonyl (C=O) groups excluding carboxylic acids is 1. The zero-order valence-corrected chi connectivity index (χ0v) is 18.1. The van der Waals surface area contributed by atoms with E-state index >= 15 is 0 Å². The normalized spacial score (nSPS) is 11.2. The molecular weight excluding hydrogens is 450 g/mol. The van der Waals surface area contributed by atoms with Gasteiger partial charge in [-0.3, -0.25) is 9.10 Å². The van der Waals surface area contributed by atoms with Gasteiger partial charge in [-0.15, -0.1) is 0 Å². The number of amides is 1. The van der Waals surface area contributed by atoms with Crippen molar-refractivity contribution in [2.75, 3.05) is 16.2 Å². The highest BCUT2D eigenvalue weighted by molar-refractivity contribution is 7.93. The van der Waals surface area contributed by atoms with Crippen LogP contribution in [-0.2, 0) is 10.0 Å². The number of carbonyl (C=O) groups is 1. The molecule has 9 heteroatoms. The van der Waals surface area contributed by atoms with Crippen LogP contribution in [0.25, 0.3) is 0 Å². The fourth-order valence-corrected chi connectivity index (χ4v) is 5.15. The Morgan fingerprint density at radius 3 is 2.23 bits per heavy atom. The Bertz CT molecular complexity index is 1170. The molecule has 0 radical (unpaired) electrons. The predicted molar refractivity (Wildman–Crippen MR) is 117 cm³/mol. The molecule has 1 N–H and O–H groups in total. The Labute approximate surface area is 184 Å². The summed E-state index contributed by atoms with van der Waals surface area (Å²) in [5.74, 6) is -1.10. The fourth-order valence-electron chi connectivity index (χ4n) is 2.84. The monoisotopic (exact) mass is 466 g/mol. The van der Waals surface area contributed by atoms with Gasteiger partial charge in [0, 0.05) is 12.2 Å². The molecule has 0 atom stereocenters. The number of hydrogen-bond donors (Lipinski definition) is 1. The highest BCUT2D eigenvalue weighted by atomic mass is 35.5. The minimum Gasteiger partial charge on any atom is -0.322 e. The third-order valence-corrected chi connectivity index (χ3v) is 6.95. The molecule has 156 valence electrons. The maximum atomic E-state index is 13.3. The second kappa shape index (κ2) is 9.04. The van der Waals surface area contributed by atoms with Crippen molar-refractivity contribution in [2.45, 2.75) is 11.8 Å². The number of halogens is 3. The Balaban J connectivity index is 2.01. The molecule has 0 aliphatic carbocycles. The van der Waals surface area contributed by atoms with Crippen LogP contribution < -0.4 is 9.62 Å². The number of nitrogens with zero attached hydrogens (tertiary/aromatic N) is 1. The van der Waals surface area contributed by atoms with Gasteiger partial charge in [-0.1, -0.05) is 41.4 Å². The van der Waals surface area contributed by atoms with Gasteiger partial charge in [0.25, 0.3) is 15.9 Å². The minimum atomic E-state index is -4.07. The third-order valence-electron chi connectivity index (χ3n) is 4.27. The van der Waals surface area contributed by atoms with Gasteiger partial charge in [-0.25, -0.2) is 12.8 Å². The van der Waals surface area contributed by atoms with Gasteiger partial charge in [0.2, 0.25) is 0 Å². The quantitative estimate of drug-likeness (QED) is 0.513. The lowest BCUT2D eigenvalue weighted by Gasteiger charge is -2.24. The SMILES string of the molecule is CCN(c1ccccc1)S(=O)(=O)c1cc(C(=O)Nc2ccc(F)cc2)c(Cl)cc1Cl. The standard InChI is InChI=1S/C21H17Cl2FN2O3S/c1-2-26(16-6-4-3-5-7-16)30(28,29)20-12-17(18(22)13-19(20)23)21(27)25-15-10-8-14(24)9-11-15/h3-13H,2H2,1H3,(H,25,27). The predicted octanol–water partition coefficient (Wildman–Crippen LogP) is 5.60. The van der Waals surface area contributed by atoms with Gasteiger partial charge in [-0.2, -0.15) is 0 Å². The van der Waals surface area contributed by atoms with E-state index in [1.54, 1.807) is 37.3 Å². The van der Waals surface area contributed by atoms with Crippen molar-refractivity contribution in [3.8, 4) is 0 Å². The van der Waals surface area contributed by atoms with Crippen LogP contribution in [0.1, 0.15) is 17.3 Å². The molecule has 0 spiro atoms. The second-order valence-corrected chi connectivity index (χ2v) is 8.87. The molecule has 3 aromatic carbocycles. The van der Waals surface area contributed by atoms with Crippen molar-refractivity contribution in [1.82, 2.24) is 0 Å². The van der Waals surface area contributed by atoms with Crippen molar-refractivity contribution in [2.24, 2.45) is 0 Å². The van der Waals surface area contributed by atoms with Crippen molar-refractivity contribution >= 4 is 50.5 Å². The van der Waals surface area contributed by atoms with Crippen LogP contribution in [0.15, 0.2) is 71.6 Å². The lowest BCUT2D eigenvalue weighted by molar-refractivity contribution is 0.102. The molecule has 0 bridgehead atoms. The van der Waals surface area contributed by atoms with Crippen LogP contribution in [0.2, 0.25) is 10.0 Å². The summed E-state index contributed by atoms with van der Waals surface area (Å²) < 4.78 is 40.8. The molecule has 1 amide bonds. The summed E-state index contributed by atoms with van der Waals surface area (Å²) in [7, 11) is -4.07. The van der Waals surface area contributed by atoms with E-state index in [0.717, 1.165) is 6.07 Å². The first-order valence-electron chi connectivity index (χ1n) is 8.87. The molecule has 3 rings (SSSR count). The van der Waals surface area contributed by atoms with Gasteiger partial charge in [0.15, 0.2) is 0 Å². The summed E-state index contributed by atoms with van der Waals surface area (Å²) in [6, 6.07) is 16.0. The first kappa shape index (κ1) is 22.1. The average Bonchev–Trinajstić information content (AvgIpc) is 2.70. The molecule has 0 saturated heterocycles. The molecule has 0 saturated carbocycles. The Morgan fingerprint density at radius 2 is 1.63 bits per heavy atom. The van der Waals surface area contributed by atoms with E-state index in [1.165, 1.54) is 34.6 Å². The van der Waals surface area contributed by atoms with Crippen LogP contribution in [0.5, 0.6) is 0 Å². The van der Waals surface area contributed by atoms with Crippen molar-refractivity contribution in [3.63, 3.8) is 0 Å². The Morgan fingerprint density at radius 1 is 1.00 bits per heavy atom. The lowest BCUT2D eigenvalue weighted by atomic mass is 10.2. The molecule has 30 heavy (non-hydrogen) atoms. The van der Waals surface area contributed by atoms with Gasteiger partial charge in [0.05, 0.1) is 21.3 Å². The summed E-state index contributed by atoms with van der Waals surface area (Å²) in [5.41, 5.74) is 0.715. The molecule has 0 fully saturated rings. The highest BCUT2D eigenvalue weighted by Crippen LogP contribution is 2.33. The van der Waals surface area contributed by atoms with E-state index in [9.17, 15) is 17.6 Å². The smallest absolute Gasteiger partial charge is 0.265 e. The lowest BCUT2D eigenvalue weighted by Crippen LogP contribution is -2.31. The van der Waals surface area contributed by atoms with Gasteiger partial charge in [-0.05, 0) is 55.5 Å². The average molecular weight is 467 g/mol. The number of sulfonamides is 1. The van der Waals surface area contributed by atoms with Crippen molar-refractivity contribution in [1.29, 1.82) is 0 Å². The minimum absolute atomic E-state index is 0.0127. The molecule has 5 nitrogen and oxygen atoms in total. The molecule has 0 unspecified atom stereocenters. The molecule has 0 aliphatic rings. The second-order valence-electron chi connectivity index (χ2n) is 6.23. The van der Waals surface area contributed by atoms with Crippen LogP contribution in [-0.4, -0.2) is 20.9 Å². The van der Waals surface area contributed by atoms with E-state index in [0.29, 0.717) is 11.4 Å². The van der Waals surface area contributed by atoms with Gasteiger partial charge in [0.1, 0.15) is 10.7 Å². The number of hydrogen-bond acceptors (Lipinski definition) is 3. The van der Waals surface area contributed by atoms with Crippen LogP contribution in [0, 0.1) is 5.82 Å². The number of nitrogens with one attached hydrogen (secondary N) is 1. The van der Waals surface area contributed by atoms with Crippen LogP contribution in [0.4, 0.5) is 15.8 Å². The maximum Gasteiger partial charge on any atom is 0.265 e. The van der Waals surface area contributed by atoms with E-state index < -0.39 is 21.7 Å². The number of rotatable bonds is 6. The number of para-hydroxylation sites is 1. The molecular formula is C21H17Cl2FN2O3S. The van der Waals surface area contributed by atoms with E-state index in [2.05, 4.69) is 5.32 Å². The fraction of sp³-hybridized carbons (Fsp3) is 0.0952. The first-order chi connectivity index (χ1) is 14.2. The Hall–Kier alpha value is -2.61. The zero-order valence-electron chi connectivity index (χ0n) is 15.8. The highest BCUT2D eigenvalue weighted by Gasteiger charge is 2.28. The Kier molecular flexibility index (Phi) is 6.65. The van der Waals surface area contributed by atoms with Gasteiger partial charge >= 0.3 is 0 Å². The van der Waals surface area contributed by atoms with Crippen LogP contribution >= 0.6 is 23.2 Å². The van der Waals surface area contributed by atoms with Crippen molar-refractivity contribution in [3.05, 3.63) is 88.2 Å². The zero-order chi connectivity index (χ0) is 21.9. The summed E-state index contributed by atoms with van der Waals surface area (Å²) >= 11 is 12.3. The third kappa shape index (κ3) is 4.59.